The van der Waals surface area contributed by atoms with Gasteiger partial charge in [-0.3, -0.25) is 10.1 Å². The van der Waals surface area contributed by atoms with Gasteiger partial charge in [-0.05, 0) is 36.4 Å². The lowest BCUT2D eigenvalue weighted by Crippen LogP contribution is -2.49. The quantitative estimate of drug-likeness (QED) is 0.442. The first-order chi connectivity index (χ1) is 14.3. The summed E-state index contributed by atoms with van der Waals surface area (Å²) < 4.78 is 19.9. The van der Waals surface area contributed by atoms with Crippen molar-refractivity contribution in [3.63, 3.8) is 0 Å². The molecule has 1 saturated heterocycles. The first kappa shape index (κ1) is 19.6. The van der Waals surface area contributed by atoms with Gasteiger partial charge in [-0.25, -0.2) is 9.18 Å². The monoisotopic (exact) mass is 427 g/mol. The van der Waals surface area contributed by atoms with Crippen LogP contribution in [0.2, 0.25) is 5.02 Å². The standard InChI is InChI=1S/C21H15ClFN3O4/c1-30-15-5-3-13-10-26(18(27)16(13)9-15)11-21(19(28)24-20(29)25-21)7-6-12-2-4-14(23)8-17(12)22/h2-5,8-10,27H,11H2,1H3,(H2,24,25,28,29)/t21-/m1/s1. The molecule has 3 aromatic rings. The Balaban J connectivity index is 1.77. The third kappa shape index (κ3) is 3.40. The van der Waals surface area contributed by atoms with Gasteiger partial charge in [0, 0.05) is 22.5 Å². The number of aromatic hydroxyl groups is 1. The fraction of sp³-hybridized carbons (Fsp3) is 0.143. The molecule has 30 heavy (non-hydrogen) atoms. The maximum atomic E-state index is 13.3. The fourth-order valence-corrected chi connectivity index (χ4v) is 3.44. The van der Waals surface area contributed by atoms with E-state index in [0.717, 1.165) is 6.07 Å². The molecule has 0 saturated carbocycles. The third-order valence-electron chi connectivity index (χ3n) is 4.76. The number of fused-ring (bicyclic) bond motifs is 1. The lowest BCUT2D eigenvalue weighted by Gasteiger charge is -2.20. The minimum Gasteiger partial charge on any atom is -0.497 e. The molecule has 3 amide bonds. The Morgan fingerprint density at radius 1 is 1.27 bits per heavy atom. The molecule has 0 radical (unpaired) electrons. The van der Waals surface area contributed by atoms with E-state index in [9.17, 15) is 19.1 Å². The summed E-state index contributed by atoms with van der Waals surface area (Å²) in [6.45, 7) is -0.167. The van der Waals surface area contributed by atoms with E-state index in [1.807, 2.05) is 0 Å². The largest absolute Gasteiger partial charge is 0.497 e. The zero-order valence-corrected chi connectivity index (χ0v) is 16.4. The molecule has 1 fully saturated rings. The molecule has 2 aromatic carbocycles. The average Bonchev–Trinajstić information content (AvgIpc) is 3.16. The average molecular weight is 428 g/mol. The Labute approximate surface area is 175 Å². The van der Waals surface area contributed by atoms with Crippen LogP contribution < -0.4 is 15.4 Å². The summed E-state index contributed by atoms with van der Waals surface area (Å²) in [6.07, 6.45) is 1.64. The van der Waals surface area contributed by atoms with E-state index in [1.54, 1.807) is 24.4 Å². The third-order valence-corrected chi connectivity index (χ3v) is 5.07. The van der Waals surface area contributed by atoms with Gasteiger partial charge in [-0.1, -0.05) is 23.4 Å². The van der Waals surface area contributed by atoms with E-state index in [4.69, 9.17) is 16.3 Å². The molecule has 3 N–H and O–H groups in total. The van der Waals surface area contributed by atoms with Crippen LogP contribution >= 0.6 is 11.6 Å². The van der Waals surface area contributed by atoms with Gasteiger partial charge < -0.3 is 19.7 Å². The number of methoxy groups -OCH3 is 1. The number of amides is 3. The number of carbonyl (C=O) groups is 2. The Morgan fingerprint density at radius 3 is 2.73 bits per heavy atom. The number of urea groups is 1. The zero-order chi connectivity index (χ0) is 21.5. The normalized spacial score (nSPS) is 18.0. The molecule has 1 atom stereocenters. The van der Waals surface area contributed by atoms with Crippen molar-refractivity contribution in [3.05, 3.63) is 59.0 Å². The topological polar surface area (TPSA) is 92.6 Å². The Morgan fingerprint density at radius 2 is 2.07 bits per heavy atom. The Kier molecular flexibility index (Phi) is 4.76. The molecular formula is C21H15ClFN3O4. The minimum atomic E-state index is -1.66. The predicted octanol–water partition coefficient (Wildman–Crippen LogP) is 2.78. The van der Waals surface area contributed by atoms with E-state index < -0.39 is 23.3 Å². The molecule has 1 aliphatic heterocycles. The summed E-state index contributed by atoms with van der Waals surface area (Å²) in [5, 5.41) is 16.6. The van der Waals surface area contributed by atoms with Crippen molar-refractivity contribution in [2.24, 2.45) is 0 Å². The summed E-state index contributed by atoms with van der Waals surface area (Å²) in [7, 11) is 1.51. The van der Waals surface area contributed by atoms with Gasteiger partial charge >= 0.3 is 6.03 Å². The van der Waals surface area contributed by atoms with Crippen molar-refractivity contribution in [1.29, 1.82) is 0 Å². The molecule has 0 bridgehead atoms. The smallest absolute Gasteiger partial charge is 0.323 e. The number of rotatable bonds is 3. The fourth-order valence-electron chi connectivity index (χ4n) is 3.22. The van der Waals surface area contributed by atoms with Gasteiger partial charge in [0.05, 0.1) is 18.7 Å². The Bertz CT molecular complexity index is 1260. The van der Waals surface area contributed by atoms with Crippen molar-refractivity contribution in [3.8, 4) is 23.5 Å². The Hall–Kier alpha value is -3.70. The summed E-state index contributed by atoms with van der Waals surface area (Å²) >= 11 is 6.01. The van der Waals surface area contributed by atoms with E-state index in [1.165, 1.54) is 23.8 Å². The van der Waals surface area contributed by atoms with Crippen LogP contribution in [-0.4, -0.2) is 34.3 Å². The number of carbonyl (C=O) groups excluding carboxylic acids is 2. The number of imide groups is 1. The summed E-state index contributed by atoms with van der Waals surface area (Å²) in [5.41, 5.74) is -1.37. The number of nitrogens with one attached hydrogen (secondary N) is 2. The molecule has 2 heterocycles. The number of ether oxygens (including phenoxy) is 1. The second kappa shape index (κ2) is 7.28. The van der Waals surface area contributed by atoms with Crippen molar-refractivity contribution < 1.29 is 23.8 Å². The first-order valence-corrected chi connectivity index (χ1v) is 9.17. The number of benzene rings is 2. The van der Waals surface area contributed by atoms with Crippen molar-refractivity contribution >= 4 is 34.3 Å². The predicted molar refractivity (Wildman–Crippen MR) is 108 cm³/mol. The maximum absolute atomic E-state index is 13.3. The number of halogens is 2. The van der Waals surface area contributed by atoms with Crippen LogP contribution in [0.4, 0.5) is 9.18 Å². The highest BCUT2D eigenvalue weighted by molar-refractivity contribution is 6.31. The van der Waals surface area contributed by atoms with Crippen molar-refractivity contribution in [2.45, 2.75) is 12.1 Å². The molecular weight excluding hydrogens is 413 g/mol. The van der Waals surface area contributed by atoms with Gasteiger partial charge in [0.2, 0.25) is 5.54 Å². The van der Waals surface area contributed by atoms with Crippen LogP contribution in [0.15, 0.2) is 42.6 Å². The van der Waals surface area contributed by atoms with Crippen LogP contribution in [0, 0.1) is 17.7 Å². The van der Waals surface area contributed by atoms with Crippen LogP contribution in [0.3, 0.4) is 0 Å². The molecule has 0 spiro atoms. The molecule has 1 aromatic heterocycles. The molecule has 0 aliphatic carbocycles. The molecule has 9 heteroatoms. The van der Waals surface area contributed by atoms with E-state index in [0.29, 0.717) is 16.5 Å². The van der Waals surface area contributed by atoms with E-state index in [2.05, 4.69) is 22.5 Å². The second-order valence-electron chi connectivity index (χ2n) is 6.72. The lowest BCUT2D eigenvalue weighted by atomic mass is 10.00. The summed E-state index contributed by atoms with van der Waals surface area (Å²) in [6, 6.07) is 8.11. The molecule has 152 valence electrons. The first-order valence-electron chi connectivity index (χ1n) is 8.79. The van der Waals surface area contributed by atoms with Gasteiger partial charge in [-0.15, -0.1) is 0 Å². The zero-order valence-electron chi connectivity index (χ0n) is 15.6. The van der Waals surface area contributed by atoms with Gasteiger partial charge in [0.25, 0.3) is 5.91 Å². The highest BCUT2D eigenvalue weighted by atomic mass is 35.5. The maximum Gasteiger partial charge on any atom is 0.323 e. The molecule has 4 rings (SSSR count). The van der Waals surface area contributed by atoms with Crippen LogP contribution in [0.25, 0.3) is 10.8 Å². The van der Waals surface area contributed by atoms with Crippen molar-refractivity contribution in [1.82, 2.24) is 15.2 Å². The highest BCUT2D eigenvalue weighted by Gasteiger charge is 2.46. The van der Waals surface area contributed by atoms with E-state index >= 15 is 0 Å². The van der Waals surface area contributed by atoms with E-state index in [-0.39, 0.29) is 23.0 Å². The lowest BCUT2D eigenvalue weighted by molar-refractivity contribution is -0.122. The number of nitrogens with zero attached hydrogens (tertiary/aromatic N) is 1. The molecule has 0 unspecified atom stereocenters. The highest BCUT2D eigenvalue weighted by Crippen LogP contribution is 2.32. The minimum absolute atomic E-state index is 0.0732. The van der Waals surface area contributed by atoms with Crippen LogP contribution in [0.5, 0.6) is 11.6 Å². The second-order valence-corrected chi connectivity index (χ2v) is 7.13. The molecule has 1 aliphatic rings. The molecule has 7 nitrogen and oxygen atoms in total. The van der Waals surface area contributed by atoms with Crippen LogP contribution in [0.1, 0.15) is 5.56 Å². The summed E-state index contributed by atoms with van der Waals surface area (Å²) in [5.74, 6) is 4.71. The van der Waals surface area contributed by atoms with Crippen LogP contribution in [-0.2, 0) is 11.3 Å². The van der Waals surface area contributed by atoms with Gasteiger partial charge in [-0.2, -0.15) is 0 Å². The number of hydrogen-bond donors (Lipinski definition) is 3. The number of hydrogen-bond acceptors (Lipinski definition) is 4. The number of aromatic nitrogens is 1. The van der Waals surface area contributed by atoms with Crippen molar-refractivity contribution in [2.75, 3.05) is 7.11 Å². The van der Waals surface area contributed by atoms with Gasteiger partial charge in [0.1, 0.15) is 11.6 Å². The summed E-state index contributed by atoms with van der Waals surface area (Å²) in [4.78, 5) is 24.4. The van der Waals surface area contributed by atoms with Gasteiger partial charge in [0.15, 0.2) is 5.88 Å². The SMILES string of the molecule is COc1ccc2cn(C[C@@]3(C#Cc4ccc(F)cc4Cl)NC(=O)NC3=O)c(O)c2c1.